The quantitative estimate of drug-likeness (QED) is 0.207. The third kappa shape index (κ3) is 48.4. The number of halogens is 4. The first-order valence-electron chi connectivity index (χ1n) is 7.65. The van der Waals surface area contributed by atoms with Gasteiger partial charge < -0.3 is 49.8 Å². The number of carboxylic acids is 6. The standard InChI is InChI=1S/C7H8F3NO4.4C2H4O2.ClH.Pb/c8-7(9,10)11(2-5(12)13)4-1-3(4)6(14)15;4*1-2(3)4;;/h3-4H,1-2H2,(H,12,13)(H,14,15);4*1H3,(H,3,4);1H;/p-4. The molecule has 2 unspecified atom stereocenters. The Labute approximate surface area is 211 Å². The zero-order valence-electron chi connectivity index (χ0n) is 17.5. The van der Waals surface area contributed by atoms with E-state index in [-0.39, 0.29) is 51.0 Å². The van der Waals surface area contributed by atoms with Crippen LogP contribution < -0.4 is 20.4 Å². The van der Waals surface area contributed by atoms with Gasteiger partial charge in [0.05, 0.1) is 5.92 Å². The predicted molar refractivity (Wildman–Crippen MR) is 95.7 cm³/mol. The minimum absolute atomic E-state index is 0. The van der Waals surface area contributed by atoms with Crippen molar-refractivity contribution in [3.05, 3.63) is 0 Å². The van der Waals surface area contributed by atoms with E-state index >= 15 is 0 Å². The molecule has 1 saturated carbocycles. The molecule has 0 bridgehead atoms. The van der Waals surface area contributed by atoms with Gasteiger partial charge >= 0.3 is 18.2 Å². The molecule has 33 heavy (non-hydrogen) atoms. The number of nitrogens with zero attached hydrogens (tertiary/aromatic N) is 1. The smallest absolute Gasteiger partial charge is 0.460 e. The Kier molecular flexibility index (Phi) is 30.9. The molecule has 2 atom stereocenters. The zero-order valence-corrected chi connectivity index (χ0v) is 22.2. The number of rotatable bonds is 4. The summed E-state index contributed by atoms with van der Waals surface area (Å²) >= 11 is 0. The fourth-order valence-corrected chi connectivity index (χ4v) is 1.33. The minimum Gasteiger partial charge on any atom is -0.550 e. The summed E-state index contributed by atoms with van der Waals surface area (Å²) in [5, 5.41) is 52.2. The summed E-state index contributed by atoms with van der Waals surface area (Å²) in [5.41, 5.74) is 0. The van der Waals surface area contributed by atoms with Crippen LogP contribution in [0, 0.1) is 5.92 Å². The van der Waals surface area contributed by atoms with Gasteiger partial charge in [-0.05, 0) is 34.1 Å². The molecule has 0 saturated heterocycles. The molecule has 0 aromatic heterocycles. The van der Waals surface area contributed by atoms with Gasteiger partial charge in [0.2, 0.25) is 0 Å². The second-order valence-corrected chi connectivity index (χ2v) is 5.20. The molecular formula is C15H21ClF3NO12Pb-4. The van der Waals surface area contributed by atoms with Crippen molar-refractivity contribution in [2.24, 2.45) is 5.92 Å². The molecule has 194 valence electrons. The summed E-state index contributed by atoms with van der Waals surface area (Å²) in [4.78, 5) is 55.8. The van der Waals surface area contributed by atoms with Crippen LogP contribution in [0.25, 0.3) is 0 Å². The van der Waals surface area contributed by atoms with Gasteiger partial charge in [-0.3, -0.25) is 9.59 Å². The molecule has 1 aliphatic carbocycles. The van der Waals surface area contributed by atoms with E-state index in [9.17, 15) is 22.8 Å². The van der Waals surface area contributed by atoms with E-state index in [2.05, 4.69) is 0 Å². The summed E-state index contributed by atoms with van der Waals surface area (Å²) in [6.45, 7) is 2.66. The average molecular weight is 707 g/mol. The fraction of sp³-hybridized carbons (Fsp3) is 0.600. The normalized spacial score (nSPS) is 14.5. The Morgan fingerprint density at radius 3 is 1.18 bits per heavy atom. The van der Waals surface area contributed by atoms with Crippen LogP contribution in [-0.2, 0) is 28.8 Å². The molecule has 0 spiro atoms. The van der Waals surface area contributed by atoms with Crippen LogP contribution in [0.1, 0.15) is 34.1 Å². The van der Waals surface area contributed by atoms with Gasteiger partial charge in [-0.25, -0.2) is 0 Å². The van der Waals surface area contributed by atoms with Gasteiger partial charge in [0.25, 0.3) is 0 Å². The summed E-state index contributed by atoms with van der Waals surface area (Å²) in [5.74, 6) is -8.42. The molecule has 1 rings (SSSR count). The number of hydrogen-bond donors (Lipinski definition) is 2. The number of hydrogen-bond acceptors (Lipinski definition) is 11. The van der Waals surface area contributed by atoms with Crippen molar-refractivity contribution in [2.45, 2.75) is 46.5 Å². The van der Waals surface area contributed by atoms with E-state index in [1.807, 2.05) is 0 Å². The number of aliphatic carboxylic acids is 6. The van der Waals surface area contributed by atoms with Gasteiger partial charge in [-0.15, -0.1) is 12.4 Å². The van der Waals surface area contributed by atoms with E-state index in [0.717, 1.165) is 27.7 Å². The van der Waals surface area contributed by atoms with E-state index in [1.54, 1.807) is 0 Å². The monoisotopic (exact) mass is 707 g/mol. The number of carbonyl (C=O) groups is 6. The molecule has 2 N–H and O–H groups in total. The van der Waals surface area contributed by atoms with Crippen molar-refractivity contribution in [2.75, 3.05) is 6.54 Å². The van der Waals surface area contributed by atoms with E-state index in [1.165, 1.54) is 0 Å². The van der Waals surface area contributed by atoms with Crippen LogP contribution in [0.2, 0.25) is 0 Å². The Morgan fingerprint density at radius 1 is 0.818 bits per heavy atom. The summed E-state index contributed by atoms with van der Waals surface area (Å²) in [7, 11) is 0. The van der Waals surface area contributed by atoms with Crippen molar-refractivity contribution in [1.82, 2.24) is 4.90 Å². The first kappa shape index (κ1) is 44.5. The zero-order chi connectivity index (χ0) is 26.1. The fourth-order valence-electron chi connectivity index (χ4n) is 1.33. The Balaban J connectivity index is -0.0000000842. The molecule has 1 fully saturated rings. The average Bonchev–Trinajstić information content (AvgIpc) is 3.20. The van der Waals surface area contributed by atoms with E-state index in [0.29, 0.717) is 0 Å². The van der Waals surface area contributed by atoms with Crippen molar-refractivity contribution in [1.29, 1.82) is 0 Å². The van der Waals surface area contributed by atoms with Crippen LogP contribution in [0.15, 0.2) is 0 Å². The van der Waals surface area contributed by atoms with Crippen molar-refractivity contribution in [3.63, 3.8) is 0 Å². The molecular weight excluding hydrogens is 686 g/mol. The van der Waals surface area contributed by atoms with Crippen LogP contribution in [0.4, 0.5) is 13.2 Å². The van der Waals surface area contributed by atoms with Crippen molar-refractivity contribution >= 4 is 75.5 Å². The van der Waals surface area contributed by atoms with Gasteiger partial charge in [-0.2, -0.15) is 18.1 Å². The molecule has 18 heteroatoms. The van der Waals surface area contributed by atoms with Gasteiger partial charge in [0.1, 0.15) is 6.54 Å². The molecule has 0 heterocycles. The topological polar surface area (TPSA) is 238 Å². The second kappa shape index (κ2) is 23.0. The maximum absolute atomic E-state index is 12.3. The number of carboxylic acid groups (broad SMARTS) is 6. The molecule has 0 aromatic rings. The van der Waals surface area contributed by atoms with Gasteiger partial charge in [-0.1, -0.05) is 0 Å². The maximum Gasteiger partial charge on any atom is 0.460 e. The Hall–Kier alpha value is -2.22. The third-order valence-electron chi connectivity index (χ3n) is 2.11. The molecule has 0 aliphatic heterocycles. The number of alkyl halides is 3. The molecule has 1 aliphatic rings. The van der Waals surface area contributed by atoms with Crippen LogP contribution >= 0.6 is 12.4 Å². The van der Waals surface area contributed by atoms with Crippen LogP contribution in [-0.4, -0.2) is 97.1 Å². The van der Waals surface area contributed by atoms with Gasteiger partial charge in [0, 0.05) is 57.2 Å². The van der Waals surface area contributed by atoms with Crippen molar-refractivity contribution < 1.29 is 72.6 Å². The molecule has 13 nitrogen and oxygen atoms in total. The van der Waals surface area contributed by atoms with Crippen LogP contribution in [0.5, 0.6) is 0 Å². The predicted octanol–water partition coefficient (Wildman–Crippen LogP) is -4.57. The largest absolute Gasteiger partial charge is 0.550 e. The van der Waals surface area contributed by atoms with Crippen molar-refractivity contribution in [3.8, 4) is 0 Å². The maximum atomic E-state index is 12.3. The summed E-state index contributed by atoms with van der Waals surface area (Å²) in [6.07, 6.45) is -4.98. The SMILES string of the molecule is CC(=O)[O-].CC(=O)[O-].CC(=O)[O-].CC(=O)[O-].Cl.O=C(O)CN(C1CC1C(=O)O)C(F)(F)F.[Pb]. The first-order valence-corrected chi connectivity index (χ1v) is 7.65. The Bertz CT molecular complexity index is 570. The van der Waals surface area contributed by atoms with E-state index < -0.39 is 60.6 Å². The third-order valence-corrected chi connectivity index (χ3v) is 2.11. The van der Waals surface area contributed by atoms with Crippen LogP contribution in [0.3, 0.4) is 0 Å². The van der Waals surface area contributed by atoms with Gasteiger partial charge in [0.15, 0.2) is 0 Å². The van der Waals surface area contributed by atoms with E-state index in [4.69, 9.17) is 49.8 Å². The minimum atomic E-state index is -4.81. The summed E-state index contributed by atoms with van der Waals surface area (Å²) in [6, 6.07) is -1.25. The molecule has 4 radical (unpaired) electrons. The first-order chi connectivity index (χ1) is 13.7. The molecule has 0 aromatic carbocycles. The molecule has 0 amide bonds. The second-order valence-electron chi connectivity index (χ2n) is 5.20. The Morgan fingerprint density at radius 2 is 1.06 bits per heavy atom. The summed E-state index contributed by atoms with van der Waals surface area (Å²) < 4.78 is 36.8. The number of carbonyl (C=O) groups excluding carboxylic acids is 4.